The summed E-state index contributed by atoms with van der Waals surface area (Å²) in [5, 5.41) is 0. The maximum atomic E-state index is 12.7. The van der Waals surface area contributed by atoms with Gasteiger partial charge in [0.2, 0.25) is 15.9 Å². The fraction of sp³-hybridized carbons (Fsp3) is 0.440. The van der Waals surface area contributed by atoms with Crippen molar-refractivity contribution in [3.8, 4) is 0 Å². The molecule has 0 saturated carbocycles. The van der Waals surface area contributed by atoms with Crippen molar-refractivity contribution < 1.29 is 13.2 Å². The molecule has 1 saturated heterocycles. The molecule has 2 aromatic heterocycles. The van der Waals surface area contributed by atoms with E-state index in [9.17, 15) is 13.2 Å². The monoisotopic (exact) mass is 483 g/mol. The SMILES string of the molecule is CCN(CC)S(=O)(=O)c1ccc(CCC(=O)N2CCN(Cc3cn4ccccc4n3)CC2)cc1. The fourth-order valence-electron chi connectivity index (χ4n) is 4.40. The van der Waals surface area contributed by atoms with Gasteiger partial charge in [0.15, 0.2) is 0 Å². The van der Waals surface area contributed by atoms with Gasteiger partial charge < -0.3 is 9.30 Å². The van der Waals surface area contributed by atoms with Crippen molar-refractivity contribution in [3.63, 3.8) is 0 Å². The van der Waals surface area contributed by atoms with Gasteiger partial charge in [-0.15, -0.1) is 0 Å². The van der Waals surface area contributed by atoms with Gasteiger partial charge in [0.25, 0.3) is 0 Å². The first-order valence-corrected chi connectivity index (χ1v) is 13.4. The molecule has 3 aromatic rings. The lowest BCUT2D eigenvalue weighted by Crippen LogP contribution is -2.48. The van der Waals surface area contributed by atoms with E-state index >= 15 is 0 Å². The van der Waals surface area contributed by atoms with Gasteiger partial charge >= 0.3 is 0 Å². The van der Waals surface area contributed by atoms with Gasteiger partial charge in [0, 0.05) is 64.6 Å². The zero-order valence-corrected chi connectivity index (χ0v) is 20.7. The minimum atomic E-state index is -3.45. The molecule has 1 aromatic carbocycles. The zero-order chi connectivity index (χ0) is 24.1. The van der Waals surface area contributed by atoms with Crippen molar-refractivity contribution in [2.75, 3.05) is 39.3 Å². The van der Waals surface area contributed by atoms with Gasteiger partial charge in [0.05, 0.1) is 10.6 Å². The number of nitrogens with zero attached hydrogens (tertiary/aromatic N) is 5. The number of pyridine rings is 1. The number of hydrogen-bond acceptors (Lipinski definition) is 5. The van der Waals surface area contributed by atoms with Gasteiger partial charge in [-0.2, -0.15) is 4.31 Å². The van der Waals surface area contributed by atoms with E-state index in [1.54, 1.807) is 12.1 Å². The number of carbonyl (C=O) groups excluding carboxylic acids is 1. The topological polar surface area (TPSA) is 78.2 Å². The number of aryl methyl sites for hydroxylation is 1. The average Bonchev–Trinajstić information content (AvgIpc) is 3.26. The summed E-state index contributed by atoms with van der Waals surface area (Å²) in [6.45, 7) is 8.44. The molecule has 182 valence electrons. The second-order valence-electron chi connectivity index (χ2n) is 8.59. The lowest BCUT2D eigenvalue weighted by molar-refractivity contribution is -0.133. The summed E-state index contributed by atoms with van der Waals surface area (Å²) >= 11 is 0. The van der Waals surface area contributed by atoms with Crippen LogP contribution in [0.2, 0.25) is 0 Å². The number of sulfonamides is 1. The molecule has 0 radical (unpaired) electrons. The maximum Gasteiger partial charge on any atom is 0.243 e. The van der Waals surface area contributed by atoms with Crippen molar-refractivity contribution in [3.05, 3.63) is 66.1 Å². The van der Waals surface area contributed by atoms with E-state index in [4.69, 9.17) is 0 Å². The van der Waals surface area contributed by atoms with E-state index in [-0.39, 0.29) is 5.91 Å². The second kappa shape index (κ2) is 10.7. The minimum Gasteiger partial charge on any atom is -0.340 e. The summed E-state index contributed by atoms with van der Waals surface area (Å²) in [6.07, 6.45) is 5.09. The van der Waals surface area contributed by atoms with Gasteiger partial charge in [0.1, 0.15) is 5.65 Å². The number of imidazole rings is 1. The summed E-state index contributed by atoms with van der Waals surface area (Å²) in [5.41, 5.74) is 2.96. The lowest BCUT2D eigenvalue weighted by Gasteiger charge is -2.34. The molecule has 0 atom stereocenters. The standard InChI is InChI=1S/C25H33N5O3S/c1-3-30(4-2)34(32,33)23-11-8-21(9-12-23)10-13-25(31)28-17-15-27(16-18-28)19-22-20-29-14-6-5-7-24(29)26-22/h5-9,11-12,14,20H,3-4,10,13,15-19H2,1-2H3. The Kier molecular flexibility index (Phi) is 7.65. The predicted molar refractivity (Wildman–Crippen MR) is 132 cm³/mol. The first kappa shape index (κ1) is 24.4. The van der Waals surface area contributed by atoms with Gasteiger partial charge in [-0.05, 0) is 36.2 Å². The Bertz CT molecular complexity index is 1180. The van der Waals surface area contributed by atoms with Crippen LogP contribution in [0.3, 0.4) is 0 Å². The van der Waals surface area contributed by atoms with Crippen LogP contribution >= 0.6 is 0 Å². The van der Waals surface area contributed by atoms with Crippen molar-refractivity contribution in [1.29, 1.82) is 0 Å². The molecule has 0 spiro atoms. The van der Waals surface area contributed by atoms with Crippen LogP contribution < -0.4 is 0 Å². The summed E-state index contributed by atoms with van der Waals surface area (Å²) in [7, 11) is -3.45. The summed E-state index contributed by atoms with van der Waals surface area (Å²) < 4.78 is 28.7. The first-order chi connectivity index (χ1) is 16.4. The summed E-state index contributed by atoms with van der Waals surface area (Å²) in [6, 6.07) is 12.9. The Labute approximate surface area is 201 Å². The highest BCUT2D eigenvalue weighted by atomic mass is 32.2. The molecule has 34 heavy (non-hydrogen) atoms. The van der Waals surface area contributed by atoms with Crippen molar-refractivity contribution in [2.45, 2.75) is 38.1 Å². The van der Waals surface area contributed by atoms with Crippen LogP contribution in [0.5, 0.6) is 0 Å². The Hall–Kier alpha value is -2.75. The molecule has 8 nitrogen and oxygen atoms in total. The van der Waals surface area contributed by atoms with Crippen LogP contribution in [0.1, 0.15) is 31.5 Å². The van der Waals surface area contributed by atoms with Gasteiger partial charge in [-0.1, -0.05) is 32.0 Å². The molecular formula is C25H33N5O3S. The number of fused-ring (bicyclic) bond motifs is 1. The van der Waals surface area contributed by atoms with E-state index in [1.807, 2.05) is 59.7 Å². The largest absolute Gasteiger partial charge is 0.340 e. The summed E-state index contributed by atoms with van der Waals surface area (Å²) in [5.74, 6) is 0.146. The van der Waals surface area contributed by atoms with Crippen LogP contribution in [0.4, 0.5) is 0 Å². The van der Waals surface area contributed by atoms with Crippen LogP contribution in [-0.2, 0) is 27.8 Å². The van der Waals surface area contributed by atoms with Crippen LogP contribution in [0.15, 0.2) is 59.8 Å². The van der Waals surface area contributed by atoms with Crippen LogP contribution in [0.25, 0.3) is 5.65 Å². The van der Waals surface area contributed by atoms with Crippen LogP contribution in [-0.4, -0.2) is 77.1 Å². The minimum absolute atomic E-state index is 0.146. The molecule has 0 unspecified atom stereocenters. The smallest absolute Gasteiger partial charge is 0.243 e. The Morgan fingerprint density at radius 3 is 2.35 bits per heavy atom. The van der Waals surface area contributed by atoms with E-state index in [1.165, 1.54) is 4.31 Å². The number of amides is 1. The quantitative estimate of drug-likeness (QED) is 0.468. The van der Waals surface area contributed by atoms with Crippen molar-refractivity contribution in [1.82, 2.24) is 23.5 Å². The van der Waals surface area contributed by atoms with Crippen LogP contribution in [0, 0.1) is 0 Å². The number of rotatable bonds is 9. The lowest BCUT2D eigenvalue weighted by atomic mass is 10.1. The van der Waals surface area contributed by atoms with Gasteiger partial charge in [-0.3, -0.25) is 9.69 Å². The Morgan fingerprint density at radius 2 is 1.71 bits per heavy atom. The Balaban J connectivity index is 1.25. The predicted octanol–water partition coefficient (Wildman–Crippen LogP) is 2.64. The first-order valence-electron chi connectivity index (χ1n) is 11.9. The maximum absolute atomic E-state index is 12.7. The number of piperazine rings is 1. The number of hydrogen-bond donors (Lipinski definition) is 0. The highest BCUT2D eigenvalue weighted by molar-refractivity contribution is 7.89. The fourth-order valence-corrected chi connectivity index (χ4v) is 5.86. The second-order valence-corrected chi connectivity index (χ2v) is 10.5. The number of benzene rings is 1. The molecule has 0 bridgehead atoms. The molecule has 1 amide bonds. The normalized spacial score (nSPS) is 15.3. The average molecular weight is 484 g/mol. The third-order valence-corrected chi connectivity index (χ3v) is 8.48. The highest BCUT2D eigenvalue weighted by Gasteiger charge is 2.23. The van der Waals surface area contributed by atoms with E-state index < -0.39 is 10.0 Å². The molecule has 3 heterocycles. The number of aromatic nitrogens is 2. The molecule has 1 aliphatic rings. The number of carbonyl (C=O) groups is 1. The van der Waals surface area contributed by atoms with E-state index in [0.29, 0.717) is 43.9 Å². The highest BCUT2D eigenvalue weighted by Crippen LogP contribution is 2.17. The molecular weight excluding hydrogens is 450 g/mol. The molecule has 9 heteroatoms. The third kappa shape index (κ3) is 5.48. The summed E-state index contributed by atoms with van der Waals surface area (Å²) in [4.78, 5) is 22.0. The third-order valence-electron chi connectivity index (χ3n) is 6.42. The molecule has 1 fully saturated rings. The van der Waals surface area contributed by atoms with E-state index in [2.05, 4.69) is 16.1 Å². The molecule has 0 aliphatic carbocycles. The molecule has 1 aliphatic heterocycles. The van der Waals surface area contributed by atoms with E-state index in [0.717, 1.165) is 36.5 Å². The van der Waals surface area contributed by atoms with Crippen molar-refractivity contribution >= 4 is 21.6 Å². The Morgan fingerprint density at radius 1 is 1.00 bits per heavy atom. The molecule has 0 N–H and O–H groups in total. The van der Waals surface area contributed by atoms with Gasteiger partial charge in [-0.25, -0.2) is 13.4 Å². The molecule has 4 rings (SSSR count). The van der Waals surface area contributed by atoms with Crippen molar-refractivity contribution in [2.24, 2.45) is 0 Å². The zero-order valence-electron chi connectivity index (χ0n) is 19.9.